The van der Waals surface area contributed by atoms with Crippen LogP contribution in [0.3, 0.4) is 0 Å². The van der Waals surface area contributed by atoms with E-state index in [2.05, 4.69) is 26.0 Å². The minimum Gasteiger partial charge on any atom is -0.457 e. The Labute approximate surface area is 136 Å². The second-order valence-corrected chi connectivity index (χ2v) is 4.80. The number of nitrogens with one attached hydrogen (secondary N) is 3. The van der Waals surface area contributed by atoms with Crippen molar-refractivity contribution in [3.8, 4) is 0 Å². The summed E-state index contributed by atoms with van der Waals surface area (Å²) in [6, 6.07) is 3.27. The van der Waals surface area contributed by atoms with Crippen LogP contribution in [-0.2, 0) is 0 Å². The van der Waals surface area contributed by atoms with Gasteiger partial charge in [0.1, 0.15) is 17.2 Å². The summed E-state index contributed by atoms with van der Waals surface area (Å²) in [6.45, 7) is 0. The van der Waals surface area contributed by atoms with Crippen molar-refractivity contribution in [3.63, 3.8) is 0 Å². The Morgan fingerprint density at radius 3 is 2.79 bits per heavy atom. The molecule has 0 spiro atoms. The molecule has 0 atom stereocenters. The molecule has 124 valence electrons. The monoisotopic (exact) mass is 329 g/mol. The first kappa shape index (κ1) is 15.3. The highest BCUT2D eigenvalue weighted by molar-refractivity contribution is 5.99. The third-order valence-electron chi connectivity index (χ3n) is 3.35. The second-order valence-electron chi connectivity index (χ2n) is 4.80. The van der Waals surface area contributed by atoms with E-state index in [1.54, 1.807) is 19.2 Å². The molecule has 5 N–H and O–H groups in total. The molecule has 3 heterocycles. The number of hydrogen-bond donors (Lipinski definition) is 4. The van der Waals surface area contributed by atoms with Crippen LogP contribution in [-0.4, -0.2) is 40.5 Å². The van der Waals surface area contributed by atoms with Gasteiger partial charge in [-0.2, -0.15) is 9.61 Å². The van der Waals surface area contributed by atoms with E-state index in [1.165, 1.54) is 24.0 Å². The van der Waals surface area contributed by atoms with Gasteiger partial charge in [0, 0.05) is 26.2 Å². The fraction of sp³-hybridized carbons (Fsp3) is 0.143. The third kappa shape index (κ3) is 2.49. The Hall–Kier alpha value is -3.56. The molecule has 0 saturated heterocycles. The zero-order valence-electron chi connectivity index (χ0n) is 13.0. The molecule has 10 heteroatoms. The minimum atomic E-state index is -0.633. The number of rotatable bonds is 5. The number of anilines is 3. The van der Waals surface area contributed by atoms with E-state index in [-0.39, 0.29) is 17.2 Å². The maximum atomic E-state index is 11.8. The molecule has 0 radical (unpaired) electrons. The number of amides is 2. The van der Waals surface area contributed by atoms with Gasteiger partial charge in [0.05, 0.1) is 18.1 Å². The van der Waals surface area contributed by atoms with Crippen LogP contribution >= 0.6 is 0 Å². The zero-order valence-corrected chi connectivity index (χ0v) is 13.0. The molecule has 0 fully saturated rings. The predicted octanol–water partition coefficient (Wildman–Crippen LogP) is 0.566. The van der Waals surface area contributed by atoms with Crippen LogP contribution in [0.2, 0.25) is 0 Å². The van der Waals surface area contributed by atoms with Crippen molar-refractivity contribution in [2.45, 2.75) is 0 Å². The minimum absolute atomic E-state index is 0.119. The van der Waals surface area contributed by atoms with Crippen LogP contribution < -0.4 is 21.7 Å². The summed E-state index contributed by atoms with van der Waals surface area (Å²) in [5.41, 5.74) is 6.26. The number of carbonyl (C=O) groups is 2. The van der Waals surface area contributed by atoms with Crippen molar-refractivity contribution in [3.05, 3.63) is 35.9 Å². The van der Waals surface area contributed by atoms with Gasteiger partial charge in [0.15, 0.2) is 5.65 Å². The summed E-state index contributed by atoms with van der Waals surface area (Å²) in [7, 11) is 3.21. The number of carbonyl (C=O) groups excluding carboxylic acids is 2. The average molecular weight is 329 g/mol. The molecule has 0 saturated carbocycles. The number of primary amides is 1. The standard InChI is InChI=1S/C14H15N7O3/c1-16-10-5-9(19-8-3-4-24-11(8)14(23)17-2)20-13-7(12(15)22)6-18-21(10)13/h3-6,16H,1-2H3,(H2,15,22)(H,17,23)(H,19,20). The highest BCUT2D eigenvalue weighted by Crippen LogP contribution is 2.24. The summed E-state index contributed by atoms with van der Waals surface area (Å²) < 4.78 is 6.63. The van der Waals surface area contributed by atoms with Crippen LogP contribution in [0.15, 0.2) is 29.0 Å². The van der Waals surface area contributed by atoms with Crippen molar-refractivity contribution in [2.24, 2.45) is 5.73 Å². The van der Waals surface area contributed by atoms with Crippen molar-refractivity contribution < 1.29 is 14.0 Å². The van der Waals surface area contributed by atoms with Gasteiger partial charge in [-0.25, -0.2) is 4.98 Å². The van der Waals surface area contributed by atoms with Crippen LogP contribution in [0.25, 0.3) is 5.65 Å². The largest absolute Gasteiger partial charge is 0.457 e. The van der Waals surface area contributed by atoms with Crippen LogP contribution in [0.4, 0.5) is 17.3 Å². The lowest BCUT2D eigenvalue weighted by Crippen LogP contribution is -2.18. The molecule has 0 aliphatic rings. The number of hydrogen-bond acceptors (Lipinski definition) is 7. The average Bonchev–Trinajstić information content (AvgIpc) is 3.20. The molecule has 2 amide bonds. The summed E-state index contributed by atoms with van der Waals surface area (Å²) in [6.07, 6.45) is 2.74. The topological polar surface area (TPSA) is 140 Å². The Morgan fingerprint density at radius 2 is 2.12 bits per heavy atom. The van der Waals surface area contributed by atoms with Crippen molar-refractivity contribution in [1.82, 2.24) is 19.9 Å². The molecular formula is C14H15N7O3. The Bertz CT molecular complexity index is 928. The Morgan fingerprint density at radius 1 is 1.33 bits per heavy atom. The van der Waals surface area contributed by atoms with Gasteiger partial charge in [-0.3, -0.25) is 9.59 Å². The van der Waals surface area contributed by atoms with Crippen molar-refractivity contribution in [1.29, 1.82) is 0 Å². The Balaban J connectivity index is 2.07. The van der Waals surface area contributed by atoms with E-state index in [1.807, 2.05) is 0 Å². The fourth-order valence-electron chi connectivity index (χ4n) is 2.21. The number of nitrogens with zero attached hydrogens (tertiary/aromatic N) is 3. The Kier molecular flexibility index (Phi) is 3.78. The molecule has 0 bridgehead atoms. The van der Waals surface area contributed by atoms with Gasteiger partial charge in [-0.1, -0.05) is 0 Å². The lowest BCUT2D eigenvalue weighted by Gasteiger charge is -2.09. The van der Waals surface area contributed by atoms with E-state index in [0.29, 0.717) is 23.0 Å². The van der Waals surface area contributed by atoms with Gasteiger partial charge >= 0.3 is 0 Å². The smallest absolute Gasteiger partial charge is 0.288 e. The molecule has 3 aromatic heterocycles. The zero-order chi connectivity index (χ0) is 17.3. The highest BCUT2D eigenvalue weighted by Gasteiger charge is 2.17. The number of nitrogens with two attached hydrogens (primary N) is 1. The molecule has 24 heavy (non-hydrogen) atoms. The highest BCUT2D eigenvalue weighted by atomic mass is 16.3. The maximum absolute atomic E-state index is 11.8. The molecule has 0 aliphatic carbocycles. The van der Waals surface area contributed by atoms with Gasteiger partial charge in [0.2, 0.25) is 5.76 Å². The normalized spacial score (nSPS) is 10.6. The summed E-state index contributed by atoms with van der Waals surface area (Å²) in [5, 5.41) is 12.5. The quantitative estimate of drug-likeness (QED) is 0.536. The van der Waals surface area contributed by atoms with E-state index >= 15 is 0 Å². The van der Waals surface area contributed by atoms with Crippen LogP contribution in [0.1, 0.15) is 20.9 Å². The number of fused-ring (bicyclic) bond motifs is 1. The first-order valence-electron chi connectivity index (χ1n) is 6.98. The lowest BCUT2D eigenvalue weighted by atomic mass is 10.3. The first-order chi connectivity index (χ1) is 11.5. The fourth-order valence-corrected chi connectivity index (χ4v) is 2.21. The van der Waals surface area contributed by atoms with E-state index in [9.17, 15) is 9.59 Å². The molecule has 0 aliphatic heterocycles. The van der Waals surface area contributed by atoms with E-state index in [4.69, 9.17) is 10.2 Å². The SMILES string of the molecule is CNC(=O)c1occc1Nc1cc(NC)n2ncc(C(N)=O)c2n1. The molecule has 0 unspecified atom stereocenters. The maximum Gasteiger partial charge on any atom is 0.288 e. The molecule has 0 aromatic carbocycles. The van der Waals surface area contributed by atoms with Crippen LogP contribution in [0, 0.1) is 0 Å². The molecular weight excluding hydrogens is 314 g/mol. The molecule has 3 rings (SSSR count). The predicted molar refractivity (Wildman–Crippen MR) is 86.4 cm³/mol. The number of aromatic nitrogens is 3. The van der Waals surface area contributed by atoms with Crippen LogP contribution in [0.5, 0.6) is 0 Å². The first-order valence-corrected chi connectivity index (χ1v) is 6.98. The summed E-state index contributed by atoms with van der Waals surface area (Å²) >= 11 is 0. The van der Waals surface area contributed by atoms with Crippen molar-refractivity contribution >= 4 is 34.8 Å². The van der Waals surface area contributed by atoms with E-state index < -0.39 is 5.91 Å². The molecule has 3 aromatic rings. The van der Waals surface area contributed by atoms with Gasteiger partial charge in [-0.15, -0.1) is 0 Å². The number of furan rings is 1. The summed E-state index contributed by atoms with van der Waals surface area (Å²) in [5.74, 6) is 0.0841. The van der Waals surface area contributed by atoms with E-state index in [0.717, 1.165) is 0 Å². The lowest BCUT2D eigenvalue weighted by molar-refractivity contribution is 0.0936. The summed E-state index contributed by atoms with van der Waals surface area (Å²) in [4.78, 5) is 27.6. The van der Waals surface area contributed by atoms with Gasteiger partial charge < -0.3 is 26.1 Å². The van der Waals surface area contributed by atoms with Gasteiger partial charge in [0.25, 0.3) is 11.8 Å². The second kappa shape index (κ2) is 5.91. The molecule has 10 nitrogen and oxygen atoms in total. The van der Waals surface area contributed by atoms with Crippen molar-refractivity contribution in [2.75, 3.05) is 24.7 Å². The van der Waals surface area contributed by atoms with Gasteiger partial charge in [-0.05, 0) is 0 Å². The third-order valence-corrected chi connectivity index (χ3v) is 3.35.